The summed E-state index contributed by atoms with van der Waals surface area (Å²) in [5, 5.41) is 11.9. The van der Waals surface area contributed by atoms with Crippen LogP contribution in [-0.4, -0.2) is 5.91 Å². The summed E-state index contributed by atoms with van der Waals surface area (Å²) in [7, 11) is 0. The lowest BCUT2D eigenvalue weighted by molar-refractivity contribution is 0.0996. The van der Waals surface area contributed by atoms with Gasteiger partial charge in [-0.2, -0.15) is 5.26 Å². The number of carbonyl (C=O) groups excluding carboxylic acids is 1. The third-order valence-electron chi connectivity index (χ3n) is 4.25. The van der Waals surface area contributed by atoms with Crippen LogP contribution in [0.5, 0.6) is 0 Å². The number of nitrogens with one attached hydrogen (secondary N) is 1. The number of amides is 1. The molecule has 1 amide bonds. The summed E-state index contributed by atoms with van der Waals surface area (Å²) in [5.74, 6) is 0.197. The molecule has 1 aliphatic rings. The minimum Gasteiger partial charge on any atom is -0.458 e. The molecule has 0 unspecified atom stereocenters. The number of anilines is 1. The van der Waals surface area contributed by atoms with Gasteiger partial charge in [-0.15, -0.1) is 0 Å². The van der Waals surface area contributed by atoms with E-state index < -0.39 is 0 Å². The van der Waals surface area contributed by atoms with Crippen molar-refractivity contribution in [1.29, 1.82) is 5.26 Å². The second-order valence-corrected chi connectivity index (χ2v) is 5.65. The first kappa shape index (κ1) is 14.4. The molecule has 1 heterocycles. The topological polar surface area (TPSA) is 66.0 Å². The Balaban J connectivity index is 1.83. The number of carbonyl (C=O) groups is 1. The van der Waals surface area contributed by atoms with Crippen LogP contribution >= 0.6 is 0 Å². The van der Waals surface area contributed by atoms with Crippen LogP contribution in [-0.2, 0) is 0 Å². The lowest BCUT2D eigenvalue weighted by Gasteiger charge is -2.24. The van der Waals surface area contributed by atoms with Crippen LogP contribution in [0.15, 0.2) is 41.0 Å². The summed E-state index contributed by atoms with van der Waals surface area (Å²) in [6.07, 6.45) is 7.46. The van der Waals surface area contributed by atoms with Crippen molar-refractivity contribution in [2.24, 2.45) is 0 Å². The van der Waals surface area contributed by atoms with Crippen molar-refractivity contribution in [1.82, 2.24) is 0 Å². The molecule has 0 spiro atoms. The number of nitriles is 1. The average Bonchev–Trinajstić information content (AvgIpc) is 3.05. The van der Waals surface area contributed by atoms with Crippen molar-refractivity contribution in [3.05, 3.63) is 53.5 Å². The summed E-state index contributed by atoms with van der Waals surface area (Å²) >= 11 is 0. The van der Waals surface area contributed by atoms with Crippen LogP contribution in [0.4, 0.5) is 5.69 Å². The molecule has 1 fully saturated rings. The van der Waals surface area contributed by atoms with E-state index in [9.17, 15) is 4.79 Å². The Morgan fingerprint density at radius 1 is 1.18 bits per heavy atom. The van der Waals surface area contributed by atoms with Gasteiger partial charge in [-0.25, -0.2) is 0 Å². The molecule has 112 valence electrons. The van der Waals surface area contributed by atoms with Gasteiger partial charge in [-0.3, -0.25) is 4.79 Å². The summed E-state index contributed by atoms with van der Waals surface area (Å²) in [6, 6.07) is 11.4. The van der Waals surface area contributed by atoms with Gasteiger partial charge < -0.3 is 9.73 Å². The molecule has 1 N–H and O–H groups in total. The van der Waals surface area contributed by atoms with Crippen LogP contribution in [0.25, 0.3) is 0 Å². The molecule has 4 heteroatoms. The Kier molecular flexibility index (Phi) is 4.24. The first-order valence-corrected chi connectivity index (χ1v) is 7.67. The van der Waals surface area contributed by atoms with E-state index in [2.05, 4.69) is 11.4 Å². The van der Waals surface area contributed by atoms with E-state index in [-0.39, 0.29) is 17.2 Å². The summed E-state index contributed by atoms with van der Waals surface area (Å²) < 4.78 is 5.14. The number of nitrogens with zero attached hydrogens (tertiary/aromatic N) is 1. The highest BCUT2D eigenvalue weighted by atomic mass is 16.3. The predicted molar refractivity (Wildman–Crippen MR) is 83.6 cm³/mol. The quantitative estimate of drug-likeness (QED) is 0.909. The normalized spacial score (nSPS) is 15.2. The fourth-order valence-corrected chi connectivity index (χ4v) is 3.13. The average molecular weight is 294 g/mol. The van der Waals surface area contributed by atoms with Gasteiger partial charge in [0, 0.05) is 5.69 Å². The van der Waals surface area contributed by atoms with Crippen molar-refractivity contribution in [3.63, 3.8) is 0 Å². The number of hydrogen-bond acceptors (Lipinski definition) is 3. The van der Waals surface area contributed by atoms with Crippen molar-refractivity contribution < 1.29 is 9.21 Å². The molecule has 0 atom stereocenters. The monoisotopic (exact) mass is 294 g/mol. The minimum atomic E-state index is -0.371. The Bertz CT molecular complexity index is 706. The van der Waals surface area contributed by atoms with Crippen LogP contribution in [0.1, 0.15) is 59.7 Å². The molecule has 2 aromatic rings. The summed E-state index contributed by atoms with van der Waals surface area (Å²) in [4.78, 5) is 12.3. The highest BCUT2D eigenvalue weighted by Crippen LogP contribution is 2.36. The Morgan fingerprint density at radius 3 is 2.73 bits per heavy atom. The molecule has 0 radical (unpaired) electrons. The van der Waals surface area contributed by atoms with E-state index in [1.807, 2.05) is 24.3 Å². The smallest absolute Gasteiger partial charge is 0.292 e. The zero-order valence-electron chi connectivity index (χ0n) is 12.3. The molecule has 22 heavy (non-hydrogen) atoms. The van der Waals surface area contributed by atoms with Gasteiger partial charge in [-0.05, 0) is 36.5 Å². The van der Waals surface area contributed by atoms with Crippen molar-refractivity contribution in [2.75, 3.05) is 5.32 Å². The maximum absolute atomic E-state index is 12.3. The van der Waals surface area contributed by atoms with E-state index in [0.29, 0.717) is 5.92 Å². The molecular weight excluding hydrogens is 276 g/mol. The number of rotatable bonds is 3. The Hall–Kier alpha value is -2.54. The van der Waals surface area contributed by atoms with Gasteiger partial charge in [0.25, 0.3) is 5.91 Å². The zero-order chi connectivity index (χ0) is 15.4. The highest BCUT2D eigenvalue weighted by molar-refractivity contribution is 6.04. The van der Waals surface area contributed by atoms with Gasteiger partial charge >= 0.3 is 0 Å². The highest BCUT2D eigenvalue weighted by Gasteiger charge is 2.21. The van der Waals surface area contributed by atoms with Gasteiger partial charge in [0.2, 0.25) is 5.76 Å². The minimum absolute atomic E-state index is 0.0703. The van der Waals surface area contributed by atoms with Crippen LogP contribution in [0.3, 0.4) is 0 Å². The second-order valence-electron chi connectivity index (χ2n) is 5.65. The zero-order valence-corrected chi connectivity index (χ0v) is 12.3. The van der Waals surface area contributed by atoms with Gasteiger partial charge in [0.05, 0.1) is 6.26 Å². The van der Waals surface area contributed by atoms with E-state index in [0.717, 1.165) is 18.5 Å². The molecule has 1 aliphatic carbocycles. The maximum atomic E-state index is 12.3. The SMILES string of the molecule is N#Cc1ccoc1C(=O)Nc1ccccc1C1CCCCC1. The molecule has 1 saturated carbocycles. The standard InChI is InChI=1S/C18H18N2O2/c19-12-14-10-11-22-17(14)18(21)20-16-9-5-4-8-15(16)13-6-2-1-3-7-13/h4-5,8-11,13H,1-3,6-7H2,(H,20,21). The molecule has 1 aromatic heterocycles. The molecule has 3 rings (SSSR count). The van der Waals surface area contributed by atoms with E-state index >= 15 is 0 Å². The fourth-order valence-electron chi connectivity index (χ4n) is 3.13. The van der Waals surface area contributed by atoms with E-state index in [4.69, 9.17) is 9.68 Å². The second kappa shape index (κ2) is 6.48. The summed E-state index contributed by atoms with van der Waals surface area (Å²) in [5.41, 5.74) is 2.26. The first-order chi connectivity index (χ1) is 10.8. The number of hydrogen-bond donors (Lipinski definition) is 1. The van der Waals surface area contributed by atoms with Gasteiger partial charge in [0.15, 0.2) is 0 Å². The third kappa shape index (κ3) is 2.89. The van der Waals surface area contributed by atoms with Crippen molar-refractivity contribution in [2.45, 2.75) is 38.0 Å². The molecule has 1 aromatic carbocycles. The molecule has 0 aliphatic heterocycles. The van der Waals surface area contributed by atoms with Crippen molar-refractivity contribution in [3.8, 4) is 6.07 Å². The van der Waals surface area contributed by atoms with Crippen LogP contribution in [0.2, 0.25) is 0 Å². The lowest BCUT2D eigenvalue weighted by Crippen LogP contribution is -2.15. The molecular formula is C18H18N2O2. The first-order valence-electron chi connectivity index (χ1n) is 7.67. The van der Waals surface area contributed by atoms with Crippen LogP contribution < -0.4 is 5.32 Å². The Labute approximate surface area is 129 Å². The third-order valence-corrected chi connectivity index (χ3v) is 4.25. The van der Waals surface area contributed by atoms with E-state index in [1.54, 1.807) is 0 Å². The number of para-hydroxylation sites is 1. The summed E-state index contributed by atoms with van der Waals surface area (Å²) in [6.45, 7) is 0. The van der Waals surface area contributed by atoms with Crippen molar-refractivity contribution >= 4 is 11.6 Å². The predicted octanol–water partition coefficient (Wildman–Crippen LogP) is 4.45. The van der Waals surface area contributed by atoms with E-state index in [1.165, 1.54) is 37.2 Å². The van der Waals surface area contributed by atoms with Gasteiger partial charge in [-0.1, -0.05) is 37.5 Å². The number of benzene rings is 1. The molecule has 0 saturated heterocycles. The molecule has 4 nitrogen and oxygen atoms in total. The largest absolute Gasteiger partial charge is 0.458 e. The fraction of sp³-hybridized carbons (Fsp3) is 0.333. The van der Waals surface area contributed by atoms with Gasteiger partial charge in [0.1, 0.15) is 11.6 Å². The molecule has 0 bridgehead atoms. The van der Waals surface area contributed by atoms with Crippen LogP contribution in [0, 0.1) is 11.3 Å². The Morgan fingerprint density at radius 2 is 1.95 bits per heavy atom. The lowest BCUT2D eigenvalue weighted by atomic mass is 9.83. The number of furan rings is 1. The maximum Gasteiger partial charge on any atom is 0.292 e.